The van der Waals surface area contributed by atoms with Crippen LogP contribution in [0.4, 0.5) is 13.2 Å². The highest BCUT2D eigenvalue weighted by atomic mass is 19.4. The molecule has 1 aliphatic rings. The molecule has 0 saturated carbocycles. The van der Waals surface area contributed by atoms with Crippen molar-refractivity contribution in [3.63, 3.8) is 0 Å². The summed E-state index contributed by atoms with van der Waals surface area (Å²) in [6, 6.07) is 6.12. The Hall–Kier alpha value is -3.15. The van der Waals surface area contributed by atoms with Crippen LogP contribution in [0.3, 0.4) is 0 Å². The van der Waals surface area contributed by atoms with E-state index in [-0.39, 0.29) is 17.4 Å². The predicted octanol–water partition coefficient (Wildman–Crippen LogP) is 2.03. The molecule has 12 heteroatoms. The van der Waals surface area contributed by atoms with Gasteiger partial charge in [0, 0.05) is 44.8 Å². The zero-order valence-corrected chi connectivity index (χ0v) is 18.5. The van der Waals surface area contributed by atoms with E-state index in [2.05, 4.69) is 4.90 Å². The Balaban J connectivity index is 0.000000675. The third-order valence-corrected chi connectivity index (χ3v) is 4.95. The number of aliphatic carboxylic acids is 1. The fraction of sp³-hybridized carbons (Fsp3) is 0.524. The van der Waals surface area contributed by atoms with Crippen LogP contribution in [0.5, 0.6) is 0 Å². The molecule has 1 aromatic carbocycles. The van der Waals surface area contributed by atoms with Crippen molar-refractivity contribution in [3.8, 4) is 0 Å². The van der Waals surface area contributed by atoms with Crippen molar-refractivity contribution in [3.05, 3.63) is 35.4 Å². The molecule has 33 heavy (non-hydrogen) atoms. The van der Waals surface area contributed by atoms with Crippen molar-refractivity contribution in [1.29, 1.82) is 0 Å². The van der Waals surface area contributed by atoms with Gasteiger partial charge in [0.1, 0.15) is 0 Å². The van der Waals surface area contributed by atoms with Crippen LogP contribution in [-0.2, 0) is 9.59 Å². The number of halogens is 3. The number of carboxylic acid groups (broad SMARTS) is 2. The van der Waals surface area contributed by atoms with Crippen molar-refractivity contribution >= 4 is 23.8 Å². The molecule has 0 aliphatic carbocycles. The van der Waals surface area contributed by atoms with Gasteiger partial charge in [0.15, 0.2) is 0 Å². The second kappa shape index (κ2) is 12.8. The molecule has 0 spiro atoms. The zero-order chi connectivity index (χ0) is 25.2. The minimum absolute atomic E-state index is 0.108. The van der Waals surface area contributed by atoms with Crippen molar-refractivity contribution in [2.45, 2.75) is 26.4 Å². The first-order valence-electron chi connectivity index (χ1n) is 10.3. The number of nitrogens with zero attached hydrogens (tertiary/aromatic N) is 3. The van der Waals surface area contributed by atoms with E-state index in [4.69, 9.17) is 15.0 Å². The number of carboxylic acids is 2. The number of carbonyl (C=O) groups is 4. The Kier molecular flexibility index (Phi) is 10.8. The minimum atomic E-state index is -5.08. The molecule has 9 nitrogen and oxygen atoms in total. The van der Waals surface area contributed by atoms with Crippen molar-refractivity contribution < 1.29 is 42.6 Å². The second-order valence-electron chi connectivity index (χ2n) is 7.18. The highest BCUT2D eigenvalue weighted by Gasteiger charge is 2.38. The van der Waals surface area contributed by atoms with Gasteiger partial charge in [0.05, 0.1) is 12.1 Å². The fourth-order valence-electron chi connectivity index (χ4n) is 3.17. The van der Waals surface area contributed by atoms with Crippen LogP contribution in [0.25, 0.3) is 0 Å². The molecular formula is C21H28F3N3O6. The lowest BCUT2D eigenvalue weighted by atomic mass is 10.1. The summed E-state index contributed by atoms with van der Waals surface area (Å²) in [7, 11) is 0. The van der Waals surface area contributed by atoms with E-state index >= 15 is 0 Å². The summed E-state index contributed by atoms with van der Waals surface area (Å²) in [4.78, 5) is 50.6. The monoisotopic (exact) mass is 475 g/mol. The van der Waals surface area contributed by atoms with E-state index in [1.807, 2.05) is 18.7 Å². The average Bonchev–Trinajstić information content (AvgIpc) is 2.99. The van der Waals surface area contributed by atoms with Gasteiger partial charge in [-0.15, -0.1) is 0 Å². The first kappa shape index (κ1) is 27.9. The number of alkyl halides is 3. The molecule has 0 unspecified atom stereocenters. The topological polar surface area (TPSA) is 118 Å². The second-order valence-corrected chi connectivity index (χ2v) is 7.18. The number of aromatic carboxylic acids is 1. The number of benzene rings is 1. The van der Waals surface area contributed by atoms with Crippen molar-refractivity contribution in [1.82, 2.24) is 14.7 Å². The lowest BCUT2D eigenvalue weighted by molar-refractivity contribution is -0.192. The number of likely N-dealkylation sites (N-methyl/N-ethyl adjacent to an activating group) is 1. The molecule has 2 N–H and O–H groups in total. The SMILES string of the molecule is CCN(CC)C(=O)CN1CCCN(C(=O)c2cccc(C(=O)O)c2)CC1.O=C(O)C(F)(F)F. The van der Waals surface area contributed by atoms with E-state index in [1.165, 1.54) is 12.1 Å². The quantitative estimate of drug-likeness (QED) is 0.646. The maximum atomic E-state index is 12.7. The van der Waals surface area contributed by atoms with Gasteiger partial charge in [-0.2, -0.15) is 13.2 Å². The third kappa shape index (κ3) is 9.08. The van der Waals surface area contributed by atoms with Gasteiger partial charge in [-0.3, -0.25) is 14.5 Å². The Morgan fingerprint density at radius 2 is 1.55 bits per heavy atom. The summed E-state index contributed by atoms with van der Waals surface area (Å²) in [5.74, 6) is -3.85. The number of rotatable bonds is 6. The maximum absolute atomic E-state index is 12.7. The third-order valence-electron chi connectivity index (χ3n) is 4.95. The van der Waals surface area contributed by atoms with Gasteiger partial charge in [-0.1, -0.05) is 6.07 Å². The zero-order valence-electron chi connectivity index (χ0n) is 18.5. The largest absolute Gasteiger partial charge is 0.490 e. The standard InChI is InChI=1S/C19H27N3O4.C2HF3O2/c1-3-21(4-2)17(23)14-20-9-6-10-22(12-11-20)18(24)15-7-5-8-16(13-15)19(25)26;3-2(4,5)1(6)7/h5,7-8,13H,3-4,6,9-12,14H2,1-2H3,(H,25,26);(H,6,7). The molecule has 1 aromatic rings. The van der Waals surface area contributed by atoms with E-state index in [1.54, 1.807) is 17.0 Å². The molecule has 0 aromatic heterocycles. The van der Waals surface area contributed by atoms with Crippen LogP contribution < -0.4 is 0 Å². The Morgan fingerprint density at radius 1 is 0.970 bits per heavy atom. The number of hydrogen-bond donors (Lipinski definition) is 2. The van der Waals surface area contributed by atoms with E-state index in [9.17, 15) is 27.6 Å². The lowest BCUT2D eigenvalue weighted by Gasteiger charge is -2.25. The Labute approximate surface area is 189 Å². The highest BCUT2D eigenvalue weighted by Crippen LogP contribution is 2.13. The van der Waals surface area contributed by atoms with Crippen LogP contribution in [0, 0.1) is 0 Å². The van der Waals surface area contributed by atoms with Gasteiger partial charge in [-0.05, 0) is 38.5 Å². The van der Waals surface area contributed by atoms with Crippen molar-refractivity contribution in [2.75, 3.05) is 45.8 Å². The van der Waals surface area contributed by atoms with Crippen LogP contribution in [0.2, 0.25) is 0 Å². The van der Waals surface area contributed by atoms with Gasteiger partial charge in [0.2, 0.25) is 5.91 Å². The van der Waals surface area contributed by atoms with Gasteiger partial charge >= 0.3 is 18.1 Å². The highest BCUT2D eigenvalue weighted by molar-refractivity contribution is 5.97. The van der Waals surface area contributed by atoms with Crippen LogP contribution in [0.15, 0.2) is 24.3 Å². The van der Waals surface area contributed by atoms with Crippen molar-refractivity contribution in [2.24, 2.45) is 0 Å². The first-order chi connectivity index (χ1) is 15.4. The number of carbonyl (C=O) groups excluding carboxylic acids is 2. The summed E-state index contributed by atoms with van der Waals surface area (Å²) in [5, 5.41) is 16.2. The van der Waals surface area contributed by atoms with Gasteiger partial charge in [-0.25, -0.2) is 9.59 Å². The molecule has 0 radical (unpaired) electrons. The smallest absolute Gasteiger partial charge is 0.478 e. The molecular weight excluding hydrogens is 447 g/mol. The van der Waals surface area contributed by atoms with E-state index in [0.29, 0.717) is 44.8 Å². The summed E-state index contributed by atoms with van der Waals surface area (Å²) in [6.07, 6.45) is -4.30. The average molecular weight is 475 g/mol. The molecule has 0 bridgehead atoms. The Bertz CT molecular complexity index is 843. The van der Waals surface area contributed by atoms with E-state index < -0.39 is 18.1 Å². The molecule has 1 saturated heterocycles. The molecule has 1 fully saturated rings. The van der Waals surface area contributed by atoms with Crippen LogP contribution in [-0.4, -0.2) is 101 Å². The maximum Gasteiger partial charge on any atom is 0.490 e. The summed E-state index contributed by atoms with van der Waals surface area (Å²) < 4.78 is 31.7. The molecule has 2 rings (SSSR count). The summed E-state index contributed by atoms with van der Waals surface area (Å²) in [5.41, 5.74) is 0.495. The van der Waals surface area contributed by atoms with Gasteiger partial charge < -0.3 is 20.0 Å². The number of hydrogen-bond acceptors (Lipinski definition) is 5. The molecule has 0 atom stereocenters. The summed E-state index contributed by atoms with van der Waals surface area (Å²) in [6.45, 7) is 8.25. The minimum Gasteiger partial charge on any atom is -0.478 e. The molecule has 2 amide bonds. The van der Waals surface area contributed by atoms with E-state index in [0.717, 1.165) is 13.0 Å². The fourth-order valence-corrected chi connectivity index (χ4v) is 3.17. The molecule has 1 heterocycles. The Morgan fingerprint density at radius 3 is 2.06 bits per heavy atom. The van der Waals surface area contributed by atoms with Crippen LogP contribution in [0.1, 0.15) is 41.0 Å². The molecule has 1 aliphatic heterocycles. The predicted molar refractivity (Wildman–Crippen MR) is 112 cm³/mol. The van der Waals surface area contributed by atoms with Gasteiger partial charge in [0.25, 0.3) is 5.91 Å². The lowest BCUT2D eigenvalue weighted by Crippen LogP contribution is -2.42. The summed E-state index contributed by atoms with van der Waals surface area (Å²) >= 11 is 0. The van der Waals surface area contributed by atoms with Crippen LogP contribution >= 0.6 is 0 Å². The normalized spacial score (nSPS) is 14.5. The first-order valence-corrected chi connectivity index (χ1v) is 10.3. The number of amides is 2. The molecule has 184 valence electrons.